The van der Waals surface area contributed by atoms with Gasteiger partial charge in [0.15, 0.2) is 0 Å². The Morgan fingerprint density at radius 3 is 3.00 bits per heavy atom. The summed E-state index contributed by atoms with van der Waals surface area (Å²) in [6.45, 7) is 0. The maximum absolute atomic E-state index is 11.9. The average molecular weight is 269 g/mol. The van der Waals surface area contributed by atoms with Gasteiger partial charge in [0.05, 0.1) is 17.2 Å². The molecule has 3 aromatic rings. The number of carbonyl (C=O) groups excluding carboxylic acids is 1. The first-order valence-electron chi connectivity index (χ1n) is 6.43. The molecule has 0 radical (unpaired) electrons. The first-order chi connectivity index (χ1) is 9.70. The van der Waals surface area contributed by atoms with E-state index in [0.29, 0.717) is 18.8 Å². The lowest BCUT2D eigenvalue weighted by Crippen LogP contribution is -2.13. The van der Waals surface area contributed by atoms with Crippen LogP contribution in [0.2, 0.25) is 0 Å². The normalized spacial score (nSPS) is 10.8. The van der Waals surface area contributed by atoms with Crippen molar-refractivity contribution in [3.8, 4) is 0 Å². The highest BCUT2D eigenvalue weighted by Crippen LogP contribution is 2.13. The van der Waals surface area contributed by atoms with E-state index in [9.17, 15) is 4.79 Å². The van der Waals surface area contributed by atoms with E-state index in [1.54, 1.807) is 10.9 Å². The molecule has 0 aliphatic heterocycles. The molecule has 0 fully saturated rings. The van der Waals surface area contributed by atoms with Gasteiger partial charge in [0.25, 0.3) is 0 Å². The fourth-order valence-corrected chi connectivity index (χ4v) is 2.07. The molecule has 3 rings (SSSR count). The van der Waals surface area contributed by atoms with Crippen LogP contribution in [0.4, 0.5) is 5.95 Å². The summed E-state index contributed by atoms with van der Waals surface area (Å²) in [7, 11) is 1.86. The molecule has 1 amide bonds. The summed E-state index contributed by atoms with van der Waals surface area (Å²) in [5.41, 5.74) is 2.80. The van der Waals surface area contributed by atoms with Crippen LogP contribution < -0.4 is 5.32 Å². The second-order valence-electron chi connectivity index (χ2n) is 4.67. The van der Waals surface area contributed by atoms with Crippen molar-refractivity contribution in [1.29, 1.82) is 0 Å². The zero-order valence-electron chi connectivity index (χ0n) is 11.1. The molecule has 2 aromatic heterocycles. The molecule has 0 saturated carbocycles. The van der Waals surface area contributed by atoms with Gasteiger partial charge in [-0.2, -0.15) is 5.10 Å². The lowest BCUT2D eigenvalue weighted by atomic mass is 10.2. The van der Waals surface area contributed by atoms with Crippen LogP contribution in [0.1, 0.15) is 12.0 Å². The van der Waals surface area contributed by atoms with Crippen molar-refractivity contribution in [3.63, 3.8) is 0 Å². The number of anilines is 1. The van der Waals surface area contributed by atoms with Gasteiger partial charge in [-0.3, -0.25) is 14.8 Å². The zero-order valence-corrected chi connectivity index (χ0v) is 11.1. The van der Waals surface area contributed by atoms with Crippen molar-refractivity contribution in [3.05, 3.63) is 42.2 Å². The molecule has 0 spiro atoms. The number of amides is 1. The van der Waals surface area contributed by atoms with Gasteiger partial charge in [0, 0.05) is 19.7 Å². The number of aromatic nitrogens is 4. The van der Waals surface area contributed by atoms with Crippen LogP contribution in [0, 0.1) is 0 Å². The quantitative estimate of drug-likeness (QED) is 0.759. The molecule has 0 saturated heterocycles. The lowest BCUT2D eigenvalue weighted by molar-refractivity contribution is -0.116. The summed E-state index contributed by atoms with van der Waals surface area (Å²) < 4.78 is 1.73. The fraction of sp³-hybridized carbons (Fsp3) is 0.214. The van der Waals surface area contributed by atoms with Gasteiger partial charge >= 0.3 is 0 Å². The number of nitrogens with zero attached hydrogens (tertiary/aromatic N) is 3. The number of imidazole rings is 1. The number of fused-ring (bicyclic) bond motifs is 1. The van der Waals surface area contributed by atoms with Gasteiger partial charge in [0.1, 0.15) is 0 Å². The average Bonchev–Trinajstić information content (AvgIpc) is 3.01. The van der Waals surface area contributed by atoms with E-state index >= 15 is 0 Å². The highest BCUT2D eigenvalue weighted by Gasteiger charge is 2.07. The summed E-state index contributed by atoms with van der Waals surface area (Å²) in [6.07, 6.45) is 4.76. The summed E-state index contributed by atoms with van der Waals surface area (Å²) in [4.78, 5) is 19.2. The van der Waals surface area contributed by atoms with Crippen molar-refractivity contribution in [1.82, 2.24) is 19.7 Å². The SMILES string of the molecule is Cn1cc(CCC(=O)Nc2nc3ccccc3[nH]2)cn1. The van der Waals surface area contributed by atoms with Crippen molar-refractivity contribution in [2.75, 3.05) is 5.32 Å². The van der Waals surface area contributed by atoms with Gasteiger partial charge in [-0.1, -0.05) is 12.1 Å². The molecule has 2 N–H and O–H groups in total. The maximum atomic E-state index is 11.9. The molecule has 0 aliphatic carbocycles. The van der Waals surface area contributed by atoms with Crippen molar-refractivity contribution >= 4 is 22.9 Å². The largest absolute Gasteiger partial charge is 0.324 e. The number of H-pyrrole nitrogens is 1. The van der Waals surface area contributed by atoms with Crippen molar-refractivity contribution in [2.24, 2.45) is 7.05 Å². The van der Waals surface area contributed by atoms with Crippen LogP contribution in [-0.2, 0) is 18.3 Å². The minimum atomic E-state index is -0.0621. The summed E-state index contributed by atoms with van der Waals surface area (Å²) in [5, 5.41) is 6.85. The Labute approximate surface area is 115 Å². The van der Waals surface area contributed by atoms with E-state index in [0.717, 1.165) is 16.6 Å². The Bertz CT molecular complexity index is 710. The number of aryl methyl sites for hydroxylation is 2. The van der Waals surface area contributed by atoms with Crippen LogP contribution in [0.5, 0.6) is 0 Å². The van der Waals surface area contributed by atoms with E-state index in [1.807, 2.05) is 37.5 Å². The minimum absolute atomic E-state index is 0.0621. The van der Waals surface area contributed by atoms with E-state index in [-0.39, 0.29) is 5.91 Å². The summed E-state index contributed by atoms with van der Waals surface area (Å²) >= 11 is 0. The Kier molecular flexibility index (Phi) is 3.20. The third-order valence-corrected chi connectivity index (χ3v) is 3.05. The van der Waals surface area contributed by atoms with E-state index in [2.05, 4.69) is 20.4 Å². The van der Waals surface area contributed by atoms with Crippen LogP contribution in [-0.4, -0.2) is 25.7 Å². The molecule has 0 bridgehead atoms. The Morgan fingerprint density at radius 1 is 1.40 bits per heavy atom. The lowest BCUT2D eigenvalue weighted by Gasteiger charge is -2.00. The van der Waals surface area contributed by atoms with Gasteiger partial charge in [-0.05, 0) is 24.1 Å². The number of nitrogens with one attached hydrogen (secondary N) is 2. The van der Waals surface area contributed by atoms with Gasteiger partial charge in [-0.25, -0.2) is 4.98 Å². The second-order valence-corrected chi connectivity index (χ2v) is 4.67. The Morgan fingerprint density at radius 2 is 2.25 bits per heavy atom. The third kappa shape index (κ3) is 2.69. The van der Waals surface area contributed by atoms with E-state index in [1.165, 1.54) is 0 Å². The molecule has 0 atom stereocenters. The maximum Gasteiger partial charge on any atom is 0.227 e. The zero-order chi connectivity index (χ0) is 13.9. The van der Waals surface area contributed by atoms with Crippen LogP contribution in [0.25, 0.3) is 11.0 Å². The molecule has 1 aromatic carbocycles. The number of para-hydroxylation sites is 2. The molecular weight excluding hydrogens is 254 g/mol. The van der Waals surface area contributed by atoms with Gasteiger partial charge in [-0.15, -0.1) is 0 Å². The van der Waals surface area contributed by atoms with E-state index in [4.69, 9.17) is 0 Å². The minimum Gasteiger partial charge on any atom is -0.324 e. The predicted octanol–water partition coefficient (Wildman–Crippen LogP) is 1.87. The molecule has 6 heteroatoms. The Balaban J connectivity index is 1.60. The highest BCUT2D eigenvalue weighted by atomic mass is 16.1. The van der Waals surface area contributed by atoms with Crippen molar-refractivity contribution < 1.29 is 4.79 Å². The number of rotatable bonds is 4. The van der Waals surface area contributed by atoms with Crippen LogP contribution >= 0.6 is 0 Å². The predicted molar refractivity (Wildman–Crippen MR) is 76.3 cm³/mol. The molecule has 0 unspecified atom stereocenters. The van der Waals surface area contributed by atoms with Crippen molar-refractivity contribution in [2.45, 2.75) is 12.8 Å². The fourth-order valence-electron chi connectivity index (χ4n) is 2.07. The first kappa shape index (κ1) is 12.4. The monoisotopic (exact) mass is 269 g/mol. The van der Waals surface area contributed by atoms with Gasteiger partial charge in [0.2, 0.25) is 11.9 Å². The van der Waals surface area contributed by atoms with Crippen LogP contribution in [0.3, 0.4) is 0 Å². The van der Waals surface area contributed by atoms with E-state index < -0.39 is 0 Å². The molecule has 2 heterocycles. The molecule has 102 valence electrons. The second kappa shape index (κ2) is 5.16. The molecule has 6 nitrogen and oxygen atoms in total. The standard InChI is InChI=1S/C14H15N5O/c1-19-9-10(8-15-19)6-7-13(20)18-14-16-11-4-2-3-5-12(11)17-14/h2-5,8-9H,6-7H2,1H3,(H2,16,17,18,20). The Hall–Kier alpha value is -2.63. The molecular formula is C14H15N5O. The number of aromatic amines is 1. The third-order valence-electron chi connectivity index (χ3n) is 3.05. The van der Waals surface area contributed by atoms with Gasteiger partial charge < -0.3 is 4.98 Å². The topological polar surface area (TPSA) is 75.6 Å². The molecule has 20 heavy (non-hydrogen) atoms. The number of carbonyl (C=O) groups is 1. The summed E-state index contributed by atoms with van der Waals surface area (Å²) in [6, 6.07) is 7.66. The summed E-state index contributed by atoms with van der Waals surface area (Å²) in [5.74, 6) is 0.426. The molecule has 0 aliphatic rings. The highest BCUT2D eigenvalue weighted by molar-refractivity contribution is 5.91. The smallest absolute Gasteiger partial charge is 0.227 e. The number of hydrogen-bond acceptors (Lipinski definition) is 3. The van der Waals surface area contributed by atoms with Crippen LogP contribution in [0.15, 0.2) is 36.7 Å². The number of benzene rings is 1. The number of hydrogen-bond donors (Lipinski definition) is 2. The first-order valence-corrected chi connectivity index (χ1v) is 6.43.